The molecule has 7 nitrogen and oxygen atoms in total. The summed E-state index contributed by atoms with van der Waals surface area (Å²) in [5.74, 6) is 0.670. The van der Waals surface area contributed by atoms with Gasteiger partial charge in [0.05, 0.1) is 12.6 Å². The van der Waals surface area contributed by atoms with Crippen LogP contribution in [0.25, 0.3) is 0 Å². The average Bonchev–Trinajstić information content (AvgIpc) is 3.21. The Bertz CT molecular complexity index is 1110. The third-order valence-electron chi connectivity index (χ3n) is 7.41. The van der Waals surface area contributed by atoms with E-state index in [4.69, 9.17) is 4.74 Å². The third kappa shape index (κ3) is 5.11. The molecule has 5 rings (SSSR count). The number of fused-ring (bicyclic) bond motifs is 1. The minimum Gasteiger partial charge on any atom is -0.489 e. The van der Waals surface area contributed by atoms with Crippen molar-refractivity contribution in [1.29, 1.82) is 0 Å². The molecule has 3 heterocycles. The Labute approximate surface area is 207 Å². The number of nitrogens with one attached hydrogen (secondary N) is 1. The van der Waals surface area contributed by atoms with Crippen molar-refractivity contribution < 1.29 is 14.3 Å². The minimum atomic E-state index is -0.182. The predicted molar refractivity (Wildman–Crippen MR) is 135 cm³/mol. The maximum atomic E-state index is 13.1. The van der Waals surface area contributed by atoms with Gasteiger partial charge in [0.15, 0.2) is 0 Å². The van der Waals surface area contributed by atoms with Crippen LogP contribution < -0.4 is 10.1 Å². The minimum absolute atomic E-state index is 0.0307. The van der Waals surface area contributed by atoms with Crippen LogP contribution in [0, 0.1) is 0 Å². The number of piperidine rings is 1. The molecule has 1 N–H and O–H groups in total. The van der Waals surface area contributed by atoms with Gasteiger partial charge in [0, 0.05) is 56.0 Å². The zero-order chi connectivity index (χ0) is 24.4. The Balaban J connectivity index is 1.19. The number of amides is 2. The smallest absolute Gasteiger partial charge is 0.255 e. The number of carbonyl (C=O) groups is 2. The Morgan fingerprint density at radius 1 is 1.00 bits per heavy atom. The monoisotopic (exact) mass is 474 g/mol. The van der Waals surface area contributed by atoms with E-state index in [1.165, 1.54) is 5.56 Å². The van der Waals surface area contributed by atoms with Crippen LogP contribution in [0.4, 0.5) is 0 Å². The molecule has 2 aromatic rings. The number of carbonyl (C=O) groups excluding carboxylic acids is 2. The van der Waals surface area contributed by atoms with Crippen molar-refractivity contribution in [2.24, 2.45) is 0 Å². The number of piperazine rings is 1. The number of ether oxygens (including phenoxy) is 1. The molecular weight excluding hydrogens is 440 g/mol. The van der Waals surface area contributed by atoms with Crippen molar-refractivity contribution in [2.45, 2.75) is 45.5 Å². The first-order valence-corrected chi connectivity index (χ1v) is 12.6. The molecule has 0 spiro atoms. The highest BCUT2D eigenvalue weighted by Gasteiger charge is 2.37. The van der Waals surface area contributed by atoms with Gasteiger partial charge in [0.2, 0.25) is 5.91 Å². The maximum absolute atomic E-state index is 13.1. The van der Waals surface area contributed by atoms with Crippen LogP contribution in [-0.2, 0) is 24.5 Å². The molecular formula is C28H34N4O3. The lowest BCUT2D eigenvalue weighted by Gasteiger charge is -2.34. The van der Waals surface area contributed by atoms with Gasteiger partial charge in [-0.25, -0.2) is 0 Å². The molecule has 0 aromatic heterocycles. The highest BCUT2D eigenvalue weighted by molar-refractivity contribution is 5.99. The second-order valence-electron chi connectivity index (χ2n) is 9.66. The van der Waals surface area contributed by atoms with Gasteiger partial charge in [-0.15, -0.1) is 0 Å². The molecule has 0 bridgehead atoms. The first-order valence-electron chi connectivity index (χ1n) is 12.6. The molecule has 0 saturated carbocycles. The van der Waals surface area contributed by atoms with E-state index >= 15 is 0 Å². The number of rotatable bonds is 7. The largest absolute Gasteiger partial charge is 0.489 e. The van der Waals surface area contributed by atoms with Crippen LogP contribution in [0.1, 0.15) is 46.8 Å². The normalized spacial score (nSPS) is 21.2. The van der Waals surface area contributed by atoms with E-state index in [0.29, 0.717) is 37.3 Å². The number of hydrogen-bond donors (Lipinski definition) is 1. The third-order valence-corrected chi connectivity index (χ3v) is 7.41. The van der Waals surface area contributed by atoms with E-state index in [1.807, 2.05) is 18.2 Å². The zero-order valence-electron chi connectivity index (χ0n) is 20.5. The Morgan fingerprint density at radius 3 is 2.43 bits per heavy atom. The van der Waals surface area contributed by atoms with Crippen molar-refractivity contribution in [1.82, 2.24) is 20.0 Å². The highest BCUT2D eigenvalue weighted by atomic mass is 16.5. The van der Waals surface area contributed by atoms with Gasteiger partial charge in [-0.2, -0.15) is 0 Å². The fourth-order valence-corrected chi connectivity index (χ4v) is 5.25. The molecule has 0 aliphatic carbocycles. The van der Waals surface area contributed by atoms with E-state index < -0.39 is 0 Å². The Hall–Kier alpha value is -3.16. The fraction of sp³-hybridized carbons (Fsp3) is 0.429. The number of nitrogens with zero attached hydrogens (tertiary/aromatic N) is 3. The lowest BCUT2D eigenvalue weighted by atomic mass is 10.0. The number of likely N-dealkylation sites (N-methyl/N-ethyl adjacent to an activating group) is 1. The molecule has 2 aromatic carbocycles. The van der Waals surface area contributed by atoms with E-state index in [0.717, 1.165) is 56.1 Å². The fourth-order valence-electron chi connectivity index (χ4n) is 5.25. The van der Waals surface area contributed by atoms with Crippen LogP contribution in [0.2, 0.25) is 0 Å². The first kappa shape index (κ1) is 23.6. The summed E-state index contributed by atoms with van der Waals surface area (Å²) in [6.45, 7) is 13.8. The van der Waals surface area contributed by atoms with Crippen molar-refractivity contribution in [3.63, 3.8) is 0 Å². The lowest BCUT2D eigenvalue weighted by Crippen LogP contribution is -2.45. The van der Waals surface area contributed by atoms with Crippen molar-refractivity contribution in [3.8, 4) is 5.75 Å². The first-order chi connectivity index (χ1) is 17.0. The SMILES string of the molecule is C=C1NC(=O)CC[C@H]1N1Cc2c(OCc3ccc(CN4CCN(CC)CC4)cc3)cccc2C1=O. The van der Waals surface area contributed by atoms with E-state index in [1.54, 1.807) is 4.90 Å². The summed E-state index contributed by atoms with van der Waals surface area (Å²) in [6.07, 6.45) is 0.999. The molecule has 1 atom stereocenters. The second kappa shape index (κ2) is 10.2. The summed E-state index contributed by atoms with van der Waals surface area (Å²) >= 11 is 0. The van der Waals surface area contributed by atoms with Crippen LogP contribution in [0.3, 0.4) is 0 Å². The number of hydrogen-bond acceptors (Lipinski definition) is 5. The summed E-state index contributed by atoms with van der Waals surface area (Å²) in [5, 5.41) is 2.79. The maximum Gasteiger partial charge on any atom is 0.255 e. The van der Waals surface area contributed by atoms with Gasteiger partial charge in [-0.1, -0.05) is 43.8 Å². The number of benzene rings is 2. The van der Waals surface area contributed by atoms with E-state index in [9.17, 15) is 9.59 Å². The quantitative estimate of drug-likeness (QED) is 0.668. The average molecular weight is 475 g/mol. The van der Waals surface area contributed by atoms with Crippen molar-refractivity contribution in [2.75, 3.05) is 32.7 Å². The molecule has 184 valence electrons. The van der Waals surface area contributed by atoms with Crippen LogP contribution in [0.15, 0.2) is 54.7 Å². The van der Waals surface area contributed by atoms with Gasteiger partial charge in [0.1, 0.15) is 12.4 Å². The molecule has 7 heteroatoms. The molecule has 0 unspecified atom stereocenters. The van der Waals surface area contributed by atoms with Crippen LogP contribution in [0.5, 0.6) is 5.75 Å². The molecule has 0 radical (unpaired) electrons. The Kier molecular flexibility index (Phi) is 6.88. The summed E-state index contributed by atoms with van der Waals surface area (Å²) in [6, 6.07) is 14.1. The topological polar surface area (TPSA) is 65.1 Å². The summed E-state index contributed by atoms with van der Waals surface area (Å²) in [7, 11) is 0. The van der Waals surface area contributed by atoms with E-state index in [-0.39, 0.29) is 17.9 Å². The molecule has 35 heavy (non-hydrogen) atoms. The van der Waals surface area contributed by atoms with Gasteiger partial charge in [-0.05, 0) is 36.2 Å². The van der Waals surface area contributed by atoms with Crippen LogP contribution in [-0.4, -0.2) is 65.3 Å². The molecule has 2 amide bonds. The van der Waals surface area contributed by atoms with Crippen molar-refractivity contribution >= 4 is 11.8 Å². The zero-order valence-corrected chi connectivity index (χ0v) is 20.5. The molecule has 3 aliphatic heterocycles. The summed E-state index contributed by atoms with van der Waals surface area (Å²) in [4.78, 5) is 31.6. The highest BCUT2D eigenvalue weighted by Crippen LogP contribution is 2.35. The summed E-state index contributed by atoms with van der Waals surface area (Å²) < 4.78 is 6.19. The predicted octanol–water partition coefficient (Wildman–Crippen LogP) is 3.15. The van der Waals surface area contributed by atoms with Gasteiger partial charge < -0.3 is 19.9 Å². The van der Waals surface area contributed by atoms with E-state index in [2.05, 4.69) is 52.9 Å². The second-order valence-corrected chi connectivity index (χ2v) is 9.66. The van der Waals surface area contributed by atoms with Crippen LogP contribution >= 0.6 is 0 Å². The Morgan fingerprint density at radius 2 is 1.71 bits per heavy atom. The van der Waals surface area contributed by atoms with Crippen molar-refractivity contribution in [3.05, 3.63) is 77.0 Å². The summed E-state index contributed by atoms with van der Waals surface area (Å²) in [5.41, 5.74) is 4.60. The van der Waals surface area contributed by atoms with Gasteiger partial charge >= 0.3 is 0 Å². The van der Waals surface area contributed by atoms with Gasteiger partial charge in [0.25, 0.3) is 5.91 Å². The standard InChI is InChI=1S/C28H34N4O3/c1-3-30-13-15-31(16-14-30)17-21-7-9-22(10-8-21)19-35-26-6-4-5-23-24(26)18-32(28(23)34)25-11-12-27(33)29-20(25)2/h4-10,25H,2-3,11-19H2,1H3,(H,29,33)/t25-/m1/s1. The molecule has 2 fully saturated rings. The molecule has 2 saturated heterocycles. The molecule has 3 aliphatic rings. The van der Waals surface area contributed by atoms with Gasteiger partial charge in [-0.3, -0.25) is 14.5 Å². The lowest BCUT2D eigenvalue weighted by molar-refractivity contribution is -0.121.